The van der Waals surface area contributed by atoms with Gasteiger partial charge in [0.15, 0.2) is 0 Å². The number of amides is 1. The van der Waals surface area contributed by atoms with Gasteiger partial charge in [0.05, 0.1) is 17.6 Å². The largest absolute Gasteiger partial charge is 0.323 e. The number of hydrogen-bond acceptors (Lipinski definition) is 4. The summed E-state index contributed by atoms with van der Waals surface area (Å²) in [4.78, 5) is 13.8. The highest BCUT2D eigenvalue weighted by atomic mass is 32.2. The average molecular weight is 407 g/mol. The molecule has 0 saturated carbocycles. The fourth-order valence-corrected chi connectivity index (χ4v) is 4.71. The van der Waals surface area contributed by atoms with Gasteiger partial charge in [-0.15, -0.1) is 11.8 Å². The number of sulfonamides is 1. The van der Waals surface area contributed by atoms with Gasteiger partial charge in [0, 0.05) is 4.90 Å². The van der Waals surface area contributed by atoms with Crippen molar-refractivity contribution in [3.8, 4) is 0 Å². The van der Waals surface area contributed by atoms with Gasteiger partial charge in [0.25, 0.3) is 0 Å². The van der Waals surface area contributed by atoms with E-state index >= 15 is 0 Å². The average Bonchev–Trinajstić information content (AvgIpc) is 2.63. The van der Waals surface area contributed by atoms with E-state index in [1.165, 1.54) is 0 Å². The summed E-state index contributed by atoms with van der Waals surface area (Å²) in [5, 5.41) is 2.87. The summed E-state index contributed by atoms with van der Waals surface area (Å²) >= 11 is 1.62. The van der Waals surface area contributed by atoms with Crippen LogP contribution in [0, 0.1) is 0 Å². The summed E-state index contributed by atoms with van der Waals surface area (Å²) in [6.07, 6.45) is 1.98. The molecule has 1 N–H and O–H groups in total. The number of rotatable bonds is 8. The van der Waals surface area contributed by atoms with E-state index < -0.39 is 16.1 Å². The van der Waals surface area contributed by atoms with Crippen molar-refractivity contribution in [3.05, 3.63) is 54.1 Å². The third-order valence-electron chi connectivity index (χ3n) is 4.13. The molecule has 0 aliphatic carbocycles. The van der Waals surface area contributed by atoms with Crippen molar-refractivity contribution in [1.82, 2.24) is 0 Å². The Balaban J connectivity index is 2.30. The van der Waals surface area contributed by atoms with Gasteiger partial charge >= 0.3 is 0 Å². The molecule has 5 nitrogen and oxygen atoms in total. The summed E-state index contributed by atoms with van der Waals surface area (Å²) in [5.74, 6) is 0.506. The molecule has 1 atom stereocenters. The van der Waals surface area contributed by atoms with E-state index in [0.29, 0.717) is 11.4 Å². The summed E-state index contributed by atoms with van der Waals surface area (Å²) < 4.78 is 26.0. The Morgan fingerprint density at radius 2 is 1.74 bits per heavy atom. The van der Waals surface area contributed by atoms with E-state index in [2.05, 4.69) is 5.32 Å². The Bertz CT molecular complexity index is 880. The molecule has 27 heavy (non-hydrogen) atoms. The van der Waals surface area contributed by atoms with Gasteiger partial charge in [-0.1, -0.05) is 38.1 Å². The molecule has 7 heteroatoms. The van der Waals surface area contributed by atoms with Crippen LogP contribution in [0.15, 0.2) is 53.4 Å². The second kappa shape index (κ2) is 9.28. The first-order valence-electron chi connectivity index (χ1n) is 8.89. The fourth-order valence-electron chi connectivity index (χ4n) is 2.78. The summed E-state index contributed by atoms with van der Waals surface area (Å²) in [5.41, 5.74) is 2.28. The summed E-state index contributed by atoms with van der Waals surface area (Å²) in [6, 6.07) is 13.9. The zero-order valence-electron chi connectivity index (χ0n) is 16.1. The zero-order chi connectivity index (χ0) is 20.0. The fraction of sp³-hybridized carbons (Fsp3) is 0.350. The van der Waals surface area contributed by atoms with Gasteiger partial charge in [-0.25, -0.2) is 8.42 Å². The number of nitrogens with zero attached hydrogens (tertiary/aromatic N) is 1. The molecule has 0 aliphatic heterocycles. The van der Waals surface area contributed by atoms with Gasteiger partial charge in [0.2, 0.25) is 15.9 Å². The molecule has 146 valence electrons. The summed E-state index contributed by atoms with van der Waals surface area (Å²) in [7, 11) is -3.63. The monoisotopic (exact) mass is 406 g/mol. The number of para-hydroxylation sites is 1. The van der Waals surface area contributed by atoms with Crippen molar-refractivity contribution in [1.29, 1.82) is 0 Å². The van der Waals surface area contributed by atoms with E-state index in [-0.39, 0.29) is 5.91 Å². The van der Waals surface area contributed by atoms with E-state index in [4.69, 9.17) is 0 Å². The highest BCUT2D eigenvalue weighted by molar-refractivity contribution is 7.99. The van der Waals surface area contributed by atoms with Gasteiger partial charge in [0.1, 0.15) is 6.04 Å². The SMILES string of the molecule is CCSc1ccccc1NC(=O)[C@@H](C)N(c1ccc(CC)cc1)S(C)(=O)=O. The number of aryl methyl sites for hydroxylation is 1. The Morgan fingerprint density at radius 1 is 1.11 bits per heavy atom. The predicted octanol–water partition coefficient (Wildman–Crippen LogP) is 4.15. The lowest BCUT2D eigenvalue weighted by atomic mass is 10.1. The van der Waals surface area contributed by atoms with Crippen LogP contribution in [0.1, 0.15) is 26.3 Å². The van der Waals surface area contributed by atoms with Crippen LogP contribution in [-0.2, 0) is 21.2 Å². The number of nitrogens with one attached hydrogen (secondary N) is 1. The molecular weight excluding hydrogens is 380 g/mol. The molecule has 0 bridgehead atoms. The van der Waals surface area contributed by atoms with Crippen LogP contribution in [-0.4, -0.2) is 32.4 Å². The molecule has 0 spiro atoms. The molecule has 0 fully saturated rings. The Labute approximate surface area is 166 Å². The predicted molar refractivity (Wildman–Crippen MR) is 114 cm³/mol. The number of carbonyl (C=O) groups excluding carboxylic acids is 1. The Kier molecular flexibility index (Phi) is 7.33. The highest BCUT2D eigenvalue weighted by Gasteiger charge is 2.29. The summed E-state index contributed by atoms with van der Waals surface area (Å²) in [6.45, 7) is 5.67. The van der Waals surface area contributed by atoms with Crippen LogP contribution < -0.4 is 9.62 Å². The lowest BCUT2D eigenvalue weighted by Crippen LogP contribution is -2.45. The second-order valence-electron chi connectivity index (χ2n) is 6.17. The molecule has 2 aromatic carbocycles. The third-order valence-corrected chi connectivity index (χ3v) is 6.33. The minimum atomic E-state index is -3.63. The zero-order valence-corrected chi connectivity index (χ0v) is 17.7. The van der Waals surface area contributed by atoms with Crippen LogP contribution >= 0.6 is 11.8 Å². The second-order valence-corrected chi connectivity index (χ2v) is 9.34. The lowest BCUT2D eigenvalue weighted by Gasteiger charge is -2.28. The molecule has 0 heterocycles. The molecule has 0 aromatic heterocycles. The molecule has 2 rings (SSSR count). The van der Waals surface area contributed by atoms with Gasteiger partial charge < -0.3 is 5.32 Å². The van der Waals surface area contributed by atoms with Crippen LogP contribution in [0.5, 0.6) is 0 Å². The van der Waals surface area contributed by atoms with Crippen LogP contribution in [0.4, 0.5) is 11.4 Å². The van der Waals surface area contributed by atoms with Crippen LogP contribution in [0.2, 0.25) is 0 Å². The van der Waals surface area contributed by atoms with Crippen molar-refractivity contribution >= 4 is 39.1 Å². The third kappa shape index (κ3) is 5.49. The standard InChI is InChI=1S/C20H26N2O3S2/c1-5-16-11-13-17(14-12-16)22(27(4,24)25)15(3)20(23)21-18-9-7-8-10-19(18)26-6-2/h7-15H,5-6H2,1-4H3,(H,21,23)/t15-/m1/s1. The topological polar surface area (TPSA) is 66.5 Å². The van der Waals surface area contributed by atoms with Crippen molar-refractivity contribution in [2.24, 2.45) is 0 Å². The maximum Gasteiger partial charge on any atom is 0.248 e. The van der Waals surface area contributed by atoms with E-state index in [1.54, 1.807) is 30.8 Å². The van der Waals surface area contributed by atoms with E-state index in [1.807, 2.05) is 50.2 Å². The molecular formula is C20H26N2O3S2. The Hall–Kier alpha value is -1.99. The minimum Gasteiger partial charge on any atom is -0.323 e. The van der Waals surface area contributed by atoms with Gasteiger partial charge in [-0.2, -0.15) is 0 Å². The molecule has 2 aromatic rings. The minimum absolute atomic E-state index is 0.371. The van der Waals surface area contributed by atoms with Crippen LogP contribution in [0.3, 0.4) is 0 Å². The normalized spacial score (nSPS) is 12.4. The molecule has 0 radical (unpaired) electrons. The van der Waals surface area contributed by atoms with Gasteiger partial charge in [-0.05, 0) is 48.9 Å². The quantitative estimate of drug-likeness (QED) is 0.669. The van der Waals surface area contributed by atoms with Crippen molar-refractivity contribution in [2.75, 3.05) is 21.6 Å². The van der Waals surface area contributed by atoms with Gasteiger partial charge in [-0.3, -0.25) is 9.10 Å². The van der Waals surface area contributed by atoms with Crippen LogP contribution in [0.25, 0.3) is 0 Å². The first-order valence-corrected chi connectivity index (χ1v) is 11.7. The number of hydrogen-bond donors (Lipinski definition) is 1. The molecule has 0 unspecified atom stereocenters. The highest BCUT2D eigenvalue weighted by Crippen LogP contribution is 2.28. The van der Waals surface area contributed by atoms with E-state index in [9.17, 15) is 13.2 Å². The number of benzene rings is 2. The maximum atomic E-state index is 12.8. The maximum absolute atomic E-state index is 12.8. The lowest BCUT2D eigenvalue weighted by molar-refractivity contribution is -0.116. The van der Waals surface area contributed by atoms with Crippen molar-refractivity contribution in [3.63, 3.8) is 0 Å². The first kappa shape index (κ1) is 21.3. The molecule has 1 amide bonds. The molecule has 0 aliphatic rings. The van der Waals surface area contributed by atoms with E-state index in [0.717, 1.165) is 33.2 Å². The number of carbonyl (C=O) groups is 1. The number of thioether (sulfide) groups is 1. The smallest absolute Gasteiger partial charge is 0.248 e. The van der Waals surface area contributed by atoms with Crippen molar-refractivity contribution in [2.45, 2.75) is 38.1 Å². The van der Waals surface area contributed by atoms with Crippen molar-refractivity contribution < 1.29 is 13.2 Å². The Morgan fingerprint density at radius 3 is 2.30 bits per heavy atom. The number of anilines is 2. The first-order chi connectivity index (χ1) is 12.8. The molecule has 0 saturated heterocycles.